The molecule has 0 saturated carbocycles. The number of carbonyl (C=O) groups is 1. The summed E-state index contributed by atoms with van der Waals surface area (Å²) < 4.78 is 0. The zero-order valence-corrected chi connectivity index (χ0v) is 10.5. The number of nitrogens with one attached hydrogen (secondary N) is 1. The van der Waals surface area contributed by atoms with Crippen LogP contribution in [0.4, 0.5) is 0 Å². The first-order valence-electron chi connectivity index (χ1n) is 4.79. The van der Waals surface area contributed by atoms with Gasteiger partial charge in [0.1, 0.15) is 0 Å². The minimum Gasteiger partial charge on any atom is -0.351 e. The van der Waals surface area contributed by atoms with E-state index in [0.717, 1.165) is 5.33 Å². The number of hydrogen-bond donors (Lipinski definition) is 1. The molecule has 4 heteroatoms. The fraction of sp³-hybridized carbons (Fsp3) is 0.455. The molecule has 0 aromatic carbocycles. The van der Waals surface area contributed by atoms with Crippen molar-refractivity contribution in [2.75, 3.05) is 11.9 Å². The largest absolute Gasteiger partial charge is 0.351 e. The van der Waals surface area contributed by atoms with Gasteiger partial charge in [0.05, 0.1) is 0 Å². The minimum absolute atomic E-state index is 0.0496. The molecule has 1 amide bonds. The Kier molecular flexibility index (Phi) is 4.27. The first-order chi connectivity index (χ1) is 7.05. The Morgan fingerprint density at radius 1 is 1.47 bits per heavy atom. The molecule has 1 N–H and O–H groups in total. The van der Waals surface area contributed by atoms with E-state index in [1.54, 1.807) is 24.5 Å². The molecule has 0 spiro atoms. The van der Waals surface area contributed by atoms with Gasteiger partial charge in [0, 0.05) is 29.8 Å². The van der Waals surface area contributed by atoms with E-state index in [-0.39, 0.29) is 11.3 Å². The van der Waals surface area contributed by atoms with Crippen molar-refractivity contribution in [3.8, 4) is 0 Å². The van der Waals surface area contributed by atoms with E-state index in [2.05, 4.69) is 40.1 Å². The van der Waals surface area contributed by atoms with Crippen LogP contribution in [0.25, 0.3) is 0 Å². The Bertz CT molecular complexity index is 325. The predicted octanol–water partition coefficient (Wildman–Crippen LogP) is 2.23. The maximum absolute atomic E-state index is 11.7. The quantitative estimate of drug-likeness (QED) is 0.853. The van der Waals surface area contributed by atoms with Crippen LogP contribution >= 0.6 is 15.9 Å². The number of nitrogens with zero attached hydrogens (tertiary/aromatic N) is 1. The summed E-state index contributed by atoms with van der Waals surface area (Å²) in [5.41, 5.74) is 0.721. The fourth-order valence-electron chi connectivity index (χ4n) is 0.972. The summed E-state index contributed by atoms with van der Waals surface area (Å²) in [6.45, 7) is 4.84. The molecule has 0 bridgehead atoms. The molecule has 0 unspecified atom stereocenters. The molecule has 0 radical (unpaired) electrons. The Hall–Kier alpha value is -0.900. The third kappa shape index (κ3) is 4.00. The number of pyridine rings is 1. The normalized spacial score (nSPS) is 11.1. The maximum atomic E-state index is 11.7. The van der Waals surface area contributed by atoms with Gasteiger partial charge in [-0.3, -0.25) is 9.78 Å². The molecule has 0 atom stereocenters. The lowest BCUT2D eigenvalue weighted by Crippen LogP contribution is -2.34. The highest BCUT2D eigenvalue weighted by molar-refractivity contribution is 9.09. The summed E-state index contributed by atoms with van der Waals surface area (Å²) in [7, 11) is 0. The predicted molar refractivity (Wildman–Crippen MR) is 64.1 cm³/mol. The third-order valence-corrected chi connectivity index (χ3v) is 3.55. The van der Waals surface area contributed by atoms with Gasteiger partial charge in [0.25, 0.3) is 5.91 Å². The Labute approximate surface area is 98.4 Å². The van der Waals surface area contributed by atoms with E-state index in [1.807, 2.05) is 0 Å². The second-order valence-electron chi connectivity index (χ2n) is 4.22. The molecule has 0 aliphatic rings. The molecule has 0 aliphatic carbocycles. The van der Waals surface area contributed by atoms with Crippen LogP contribution < -0.4 is 5.32 Å². The SMILES string of the molecule is CC(C)(CBr)CNC(=O)c1ccncc1. The first kappa shape index (κ1) is 12.2. The molecule has 1 aromatic heterocycles. The smallest absolute Gasteiger partial charge is 0.251 e. The van der Waals surface area contributed by atoms with Crippen LogP contribution in [0.1, 0.15) is 24.2 Å². The maximum Gasteiger partial charge on any atom is 0.251 e. The molecule has 1 rings (SSSR count). The van der Waals surface area contributed by atoms with E-state index >= 15 is 0 Å². The van der Waals surface area contributed by atoms with Gasteiger partial charge in [0.2, 0.25) is 0 Å². The number of amides is 1. The van der Waals surface area contributed by atoms with E-state index in [9.17, 15) is 4.79 Å². The monoisotopic (exact) mass is 270 g/mol. The average molecular weight is 271 g/mol. The molecule has 0 fully saturated rings. The molecule has 1 heterocycles. The van der Waals surface area contributed by atoms with Crippen molar-refractivity contribution in [3.63, 3.8) is 0 Å². The molecule has 15 heavy (non-hydrogen) atoms. The minimum atomic E-state index is -0.0496. The zero-order valence-electron chi connectivity index (χ0n) is 8.96. The van der Waals surface area contributed by atoms with Crippen molar-refractivity contribution in [2.45, 2.75) is 13.8 Å². The van der Waals surface area contributed by atoms with E-state index < -0.39 is 0 Å². The van der Waals surface area contributed by atoms with Gasteiger partial charge >= 0.3 is 0 Å². The van der Waals surface area contributed by atoms with Crippen LogP contribution in [0.2, 0.25) is 0 Å². The standard InChI is InChI=1S/C11H15BrN2O/c1-11(2,7-12)8-14-10(15)9-3-5-13-6-4-9/h3-6H,7-8H2,1-2H3,(H,14,15). The number of hydrogen-bond acceptors (Lipinski definition) is 2. The number of halogens is 1. The highest BCUT2D eigenvalue weighted by Gasteiger charge is 2.17. The molecular formula is C11H15BrN2O. The average Bonchev–Trinajstić information content (AvgIpc) is 2.27. The van der Waals surface area contributed by atoms with Gasteiger partial charge in [-0.25, -0.2) is 0 Å². The highest BCUT2D eigenvalue weighted by Crippen LogP contribution is 2.16. The van der Waals surface area contributed by atoms with E-state index in [0.29, 0.717) is 12.1 Å². The van der Waals surface area contributed by atoms with Crippen molar-refractivity contribution in [2.24, 2.45) is 5.41 Å². The summed E-state index contributed by atoms with van der Waals surface area (Å²) in [6, 6.07) is 3.41. The van der Waals surface area contributed by atoms with Gasteiger partial charge in [-0.05, 0) is 17.5 Å². The topological polar surface area (TPSA) is 42.0 Å². The third-order valence-electron chi connectivity index (χ3n) is 2.03. The van der Waals surface area contributed by atoms with Gasteiger partial charge < -0.3 is 5.32 Å². The number of alkyl halides is 1. The lowest BCUT2D eigenvalue weighted by molar-refractivity contribution is 0.0940. The molecule has 0 saturated heterocycles. The fourth-order valence-corrected chi connectivity index (χ4v) is 1.17. The second kappa shape index (κ2) is 5.26. The molecule has 0 aliphatic heterocycles. The van der Waals surface area contributed by atoms with Crippen molar-refractivity contribution in [1.29, 1.82) is 0 Å². The highest BCUT2D eigenvalue weighted by atomic mass is 79.9. The molecule has 82 valence electrons. The number of rotatable bonds is 4. The van der Waals surface area contributed by atoms with Crippen LogP contribution in [0.5, 0.6) is 0 Å². The van der Waals surface area contributed by atoms with Crippen LogP contribution in [-0.4, -0.2) is 22.8 Å². The zero-order chi connectivity index (χ0) is 11.3. The molecule has 1 aromatic rings. The Morgan fingerprint density at radius 2 is 2.07 bits per heavy atom. The second-order valence-corrected chi connectivity index (χ2v) is 4.78. The van der Waals surface area contributed by atoms with Gasteiger partial charge in [-0.2, -0.15) is 0 Å². The molecule has 3 nitrogen and oxygen atoms in total. The summed E-state index contributed by atoms with van der Waals surface area (Å²) in [6.07, 6.45) is 3.23. The van der Waals surface area contributed by atoms with Crippen molar-refractivity contribution in [1.82, 2.24) is 10.3 Å². The van der Waals surface area contributed by atoms with Gasteiger partial charge in [-0.1, -0.05) is 29.8 Å². The van der Waals surface area contributed by atoms with E-state index in [4.69, 9.17) is 0 Å². The van der Waals surface area contributed by atoms with Gasteiger partial charge in [0.15, 0.2) is 0 Å². The lowest BCUT2D eigenvalue weighted by atomic mass is 9.97. The van der Waals surface area contributed by atoms with Crippen molar-refractivity contribution < 1.29 is 4.79 Å². The van der Waals surface area contributed by atoms with Crippen molar-refractivity contribution in [3.05, 3.63) is 30.1 Å². The number of carbonyl (C=O) groups excluding carboxylic acids is 1. The lowest BCUT2D eigenvalue weighted by Gasteiger charge is -2.21. The summed E-state index contributed by atoms with van der Waals surface area (Å²) in [4.78, 5) is 15.5. The van der Waals surface area contributed by atoms with Crippen LogP contribution in [0.3, 0.4) is 0 Å². The summed E-state index contributed by atoms with van der Waals surface area (Å²) >= 11 is 3.42. The number of aromatic nitrogens is 1. The van der Waals surface area contributed by atoms with Crippen molar-refractivity contribution >= 4 is 21.8 Å². The van der Waals surface area contributed by atoms with Gasteiger partial charge in [-0.15, -0.1) is 0 Å². The van der Waals surface area contributed by atoms with Crippen LogP contribution in [-0.2, 0) is 0 Å². The van der Waals surface area contributed by atoms with Crippen LogP contribution in [0, 0.1) is 5.41 Å². The summed E-state index contributed by atoms with van der Waals surface area (Å²) in [5.74, 6) is -0.0496. The summed E-state index contributed by atoms with van der Waals surface area (Å²) in [5, 5.41) is 3.75. The van der Waals surface area contributed by atoms with Crippen LogP contribution in [0.15, 0.2) is 24.5 Å². The Morgan fingerprint density at radius 3 is 2.60 bits per heavy atom. The first-order valence-corrected chi connectivity index (χ1v) is 5.91. The van der Waals surface area contributed by atoms with E-state index in [1.165, 1.54) is 0 Å². The Balaban J connectivity index is 2.51. The molecular weight excluding hydrogens is 256 g/mol.